The van der Waals surface area contributed by atoms with Gasteiger partial charge < -0.3 is 19.3 Å². The molecule has 2 aromatic carbocycles. The van der Waals surface area contributed by atoms with E-state index in [9.17, 15) is 14.4 Å². The number of rotatable bonds is 5. The van der Waals surface area contributed by atoms with Gasteiger partial charge in [0.2, 0.25) is 0 Å². The van der Waals surface area contributed by atoms with Crippen LogP contribution in [0.1, 0.15) is 62.0 Å². The number of hydrogen-bond donors (Lipinski definition) is 0. The van der Waals surface area contributed by atoms with E-state index in [4.69, 9.17) is 9.47 Å². The highest BCUT2D eigenvalue weighted by Gasteiger charge is 2.31. The van der Waals surface area contributed by atoms with Crippen molar-refractivity contribution in [3.05, 3.63) is 59.2 Å². The normalized spacial score (nSPS) is 18.1. The Kier molecular flexibility index (Phi) is 7.15. The molecule has 0 spiro atoms. The Hall–Kier alpha value is -3.35. The van der Waals surface area contributed by atoms with Crippen LogP contribution in [0.25, 0.3) is 0 Å². The Morgan fingerprint density at radius 1 is 1.14 bits per heavy atom. The first-order valence-corrected chi connectivity index (χ1v) is 12.3. The molecule has 4 rings (SSSR count). The molecule has 35 heavy (non-hydrogen) atoms. The lowest BCUT2D eigenvalue weighted by Gasteiger charge is -2.32. The van der Waals surface area contributed by atoms with Gasteiger partial charge in [0.25, 0.3) is 11.8 Å². The Balaban J connectivity index is 1.54. The second-order valence-electron chi connectivity index (χ2n) is 10.2. The summed E-state index contributed by atoms with van der Waals surface area (Å²) in [4.78, 5) is 41.7. The summed E-state index contributed by atoms with van der Waals surface area (Å²) in [5.41, 5.74) is 3.21. The van der Waals surface area contributed by atoms with Crippen LogP contribution in [0.4, 0.5) is 5.69 Å². The quantitative estimate of drug-likeness (QED) is 0.598. The highest BCUT2D eigenvalue weighted by molar-refractivity contribution is 5.98. The average molecular weight is 479 g/mol. The largest absolute Gasteiger partial charge is 0.482 e. The zero-order chi connectivity index (χ0) is 25.2. The maximum Gasteiger partial charge on any atom is 0.310 e. The Morgan fingerprint density at radius 3 is 2.69 bits per heavy atom. The Bertz CT molecular complexity index is 1120. The number of hydrogen-bond acceptors (Lipinski definition) is 5. The molecule has 0 unspecified atom stereocenters. The second-order valence-corrected chi connectivity index (χ2v) is 10.2. The van der Waals surface area contributed by atoms with E-state index in [2.05, 4.69) is 20.8 Å². The van der Waals surface area contributed by atoms with Crippen molar-refractivity contribution in [2.75, 3.05) is 31.2 Å². The van der Waals surface area contributed by atoms with Crippen molar-refractivity contribution < 1.29 is 23.9 Å². The molecule has 1 atom stereocenters. The van der Waals surface area contributed by atoms with Gasteiger partial charge >= 0.3 is 5.97 Å². The average Bonchev–Trinajstić information content (AvgIpc) is 2.85. The molecule has 0 radical (unpaired) electrons. The summed E-state index contributed by atoms with van der Waals surface area (Å²) in [5.74, 6) is -0.0606. The number of nitrogens with zero attached hydrogens (tertiary/aromatic N) is 2. The smallest absolute Gasteiger partial charge is 0.310 e. The number of piperidine rings is 1. The third-order valence-electron chi connectivity index (χ3n) is 6.61. The monoisotopic (exact) mass is 478 g/mol. The molecule has 186 valence electrons. The van der Waals surface area contributed by atoms with Crippen LogP contribution in [-0.4, -0.2) is 49.0 Å². The number of esters is 1. The lowest BCUT2D eigenvalue weighted by atomic mass is 9.86. The molecule has 1 fully saturated rings. The highest BCUT2D eigenvalue weighted by Crippen LogP contribution is 2.37. The van der Waals surface area contributed by atoms with Gasteiger partial charge in [-0.25, -0.2) is 0 Å². The minimum atomic E-state index is -0.282. The van der Waals surface area contributed by atoms with Gasteiger partial charge in [-0.2, -0.15) is 0 Å². The van der Waals surface area contributed by atoms with Crippen LogP contribution < -0.4 is 9.64 Å². The van der Waals surface area contributed by atoms with Crippen LogP contribution in [0.2, 0.25) is 0 Å². The third kappa shape index (κ3) is 5.50. The number of fused-ring (bicyclic) bond motifs is 1. The van der Waals surface area contributed by atoms with Crippen molar-refractivity contribution >= 4 is 23.5 Å². The predicted molar refractivity (Wildman–Crippen MR) is 134 cm³/mol. The van der Waals surface area contributed by atoms with Crippen LogP contribution in [0.5, 0.6) is 5.75 Å². The fourth-order valence-corrected chi connectivity index (χ4v) is 4.62. The third-order valence-corrected chi connectivity index (χ3v) is 6.61. The molecule has 2 aliphatic rings. The van der Waals surface area contributed by atoms with Gasteiger partial charge in [0.1, 0.15) is 5.75 Å². The van der Waals surface area contributed by atoms with Crippen LogP contribution in [-0.2, 0) is 26.3 Å². The van der Waals surface area contributed by atoms with Crippen LogP contribution in [0, 0.1) is 5.92 Å². The zero-order valence-electron chi connectivity index (χ0n) is 21.0. The molecule has 0 N–H and O–H groups in total. The highest BCUT2D eigenvalue weighted by atomic mass is 16.5. The molecule has 2 aromatic rings. The van der Waals surface area contributed by atoms with Gasteiger partial charge in [0, 0.05) is 18.7 Å². The molecule has 2 amide bonds. The fraction of sp³-hybridized carbons (Fsp3) is 0.464. The van der Waals surface area contributed by atoms with Gasteiger partial charge in [-0.3, -0.25) is 14.4 Å². The Labute approximate surface area is 207 Å². The number of carbonyl (C=O) groups is 3. The summed E-state index contributed by atoms with van der Waals surface area (Å²) in [6.45, 7) is 9.84. The lowest BCUT2D eigenvalue weighted by molar-refractivity contribution is -0.149. The van der Waals surface area contributed by atoms with Crippen molar-refractivity contribution in [1.82, 2.24) is 4.90 Å². The molecule has 2 aliphatic heterocycles. The molecule has 0 saturated carbocycles. The minimum absolute atomic E-state index is 0.0104. The first-order valence-electron chi connectivity index (χ1n) is 12.3. The van der Waals surface area contributed by atoms with E-state index in [0.29, 0.717) is 37.6 Å². The first kappa shape index (κ1) is 24.8. The molecular formula is C28H34N2O5. The summed E-state index contributed by atoms with van der Waals surface area (Å²) >= 11 is 0. The van der Waals surface area contributed by atoms with Crippen LogP contribution >= 0.6 is 0 Å². The van der Waals surface area contributed by atoms with E-state index in [1.165, 1.54) is 0 Å². The zero-order valence-corrected chi connectivity index (χ0v) is 21.0. The summed E-state index contributed by atoms with van der Waals surface area (Å²) in [5, 5.41) is 0. The molecule has 2 heterocycles. The van der Waals surface area contributed by atoms with E-state index < -0.39 is 0 Å². The van der Waals surface area contributed by atoms with E-state index in [-0.39, 0.29) is 35.7 Å². The SMILES string of the molecule is CCOC(=O)[C@H]1CCCN(C(=O)c2cccc(CN3C(=O)COc4ccc(C(C)(C)C)cc43)c2)C1. The molecule has 7 nitrogen and oxygen atoms in total. The van der Waals surface area contributed by atoms with Crippen molar-refractivity contribution in [3.63, 3.8) is 0 Å². The van der Waals surface area contributed by atoms with Crippen LogP contribution in [0.15, 0.2) is 42.5 Å². The van der Waals surface area contributed by atoms with Crippen molar-refractivity contribution in [2.24, 2.45) is 5.92 Å². The van der Waals surface area contributed by atoms with Gasteiger partial charge in [-0.05, 0) is 60.6 Å². The van der Waals surface area contributed by atoms with Gasteiger partial charge in [-0.15, -0.1) is 0 Å². The molecule has 0 aliphatic carbocycles. The minimum Gasteiger partial charge on any atom is -0.482 e. The molecule has 0 aromatic heterocycles. The van der Waals surface area contributed by atoms with Gasteiger partial charge in [-0.1, -0.05) is 39.0 Å². The number of benzene rings is 2. The predicted octanol–water partition coefficient (Wildman–Crippen LogP) is 4.33. The van der Waals surface area contributed by atoms with E-state index >= 15 is 0 Å². The summed E-state index contributed by atoms with van der Waals surface area (Å²) in [7, 11) is 0. The molecule has 7 heteroatoms. The number of likely N-dealkylation sites (tertiary alicyclic amines) is 1. The molecule has 0 bridgehead atoms. The maximum atomic E-state index is 13.3. The van der Waals surface area contributed by atoms with Gasteiger partial charge in [0.05, 0.1) is 24.8 Å². The van der Waals surface area contributed by atoms with E-state index in [0.717, 1.165) is 29.7 Å². The van der Waals surface area contributed by atoms with E-state index in [1.807, 2.05) is 36.4 Å². The molecule has 1 saturated heterocycles. The van der Waals surface area contributed by atoms with Crippen molar-refractivity contribution in [1.29, 1.82) is 0 Å². The second kappa shape index (κ2) is 10.1. The maximum absolute atomic E-state index is 13.3. The fourth-order valence-electron chi connectivity index (χ4n) is 4.62. The Morgan fingerprint density at radius 2 is 1.94 bits per heavy atom. The van der Waals surface area contributed by atoms with Crippen LogP contribution in [0.3, 0.4) is 0 Å². The summed E-state index contributed by atoms with van der Waals surface area (Å²) in [6.07, 6.45) is 1.50. The van der Waals surface area contributed by atoms with E-state index in [1.54, 1.807) is 22.8 Å². The van der Waals surface area contributed by atoms with Crippen molar-refractivity contribution in [3.8, 4) is 5.75 Å². The number of amides is 2. The standard InChI is InChI=1S/C28H34N2O5/c1-5-34-27(33)21-10-7-13-29(17-21)26(32)20-9-6-8-19(14-20)16-30-23-15-22(28(2,3)4)11-12-24(23)35-18-25(30)31/h6,8-9,11-12,14-15,21H,5,7,10,13,16-18H2,1-4H3/t21-/m0/s1. The topological polar surface area (TPSA) is 76.2 Å². The molecular weight excluding hydrogens is 444 g/mol. The summed E-state index contributed by atoms with van der Waals surface area (Å²) in [6, 6.07) is 13.4. The number of ether oxygens (including phenoxy) is 2. The van der Waals surface area contributed by atoms with Crippen molar-refractivity contribution in [2.45, 2.75) is 52.5 Å². The number of anilines is 1. The summed E-state index contributed by atoms with van der Waals surface area (Å²) < 4.78 is 10.8. The van der Waals surface area contributed by atoms with Gasteiger partial charge in [0.15, 0.2) is 6.61 Å². The first-order chi connectivity index (χ1) is 16.7. The number of carbonyl (C=O) groups excluding carboxylic acids is 3. The lowest BCUT2D eigenvalue weighted by Crippen LogP contribution is -2.43.